The van der Waals surface area contributed by atoms with E-state index in [2.05, 4.69) is 199 Å². The fourth-order valence-corrected chi connectivity index (χ4v) is 5.68. The Kier molecular flexibility index (Phi) is 30.5. The molecule has 2 heterocycles. The Labute approximate surface area is 332 Å². The van der Waals surface area contributed by atoms with Gasteiger partial charge in [-0.05, 0) is 99.8 Å². The highest BCUT2D eigenvalue weighted by Crippen LogP contribution is 2.38. The van der Waals surface area contributed by atoms with Crippen LogP contribution < -0.4 is 16.0 Å². The Hall–Kier alpha value is -0.200. The number of nitrogens with zero attached hydrogens (tertiary/aromatic N) is 2. The molecule has 318 valence electrons. The average Bonchev–Trinajstić information content (AvgIpc) is 2.92. The SMILES string of the molecule is CC(C)C1CN(C(C)C)C1.CC(C)CC(C)NC(C)C.CC(C)N1CC(C)(C(C)C)C1.CC(C)NCC(C)(C)C(C)C.CC(C)NCC(C)C(C)C. The van der Waals surface area contributed by atoms with Crippen LogP contribution in [0.2, 0.25) is 0 Å². The van der Waals surface area contributed by atoms with E-state index in [1.54, 1.807) is 0 Å². The van der Waals surface area contributed by atoms with Crippen LogP contribution in [0.15, 0.2) is 0 Å². The summed E-state index contributed by atoms with van der Waals surface area (Å²) in [4.78, 5) is 5.07. The Balaban J connectivity index is -0.000000578. The maximum absolute atomic E-state index is 3.47. The van der Waals surface area contributed by atoms with Gasteiger partial charge >= 0.3 is 0 Å². The monoisotopic (exact) mass is 740 g/mol. The van der Waals surface area contributed by atoms with Crippen LogP contribution in [0.5, 0.6) is 0 Å². The summed E-state index contributed by atoms with van der Waals surface area (Å²) in [6.45, 7) is 64.2. The molecule has 5 heteroatoms. The van der Waals surface area contributed by atoms with Crippen molar-refractivity contribution in [3.63, 3.8) is 0 Å². The standard InChI is InChI=1S/C10H21N.C10H23N.C9H19N.2C9H21N/c1-8(2)10(5)6-11(7-10)9(3)4;1-8(2)10(5,6)7-11-9(3)4;1-7(2)9-5-10(6-9)8(3)4;1-7(2)9(5)6-10-8(3)4;1-7(2)6-9(5)10-8(3)4/h8-9H,6-7H2,1-5H3;8-9,11H,7H2,1-6H3;7-9H,5-6H2,1-4H3;2*7-10H,6H2,1-5H3. The van der Waals surface area contributed by atoms with Gasteiger partial charge in [-0.15, -0.1) is 0 Å². The fraction of sp³-hybridized carbons (Fsp3) is 1.00. The average molecular weight is 740 g/mol. The molecular formula is C47H105N5. The highest BCUT2D eigenvalue weighted by Gasteiger charge is 2.41. The molecule has 2 aliphatic rings. The number of rotatable bonds is 16. The second-order valence-corrected chi connectivity index (χ2v) is 21.2. The molecule has 2 saturated heterocycles. The van der Waals surface area contributed by atoms with Gasteiger partial charge in [-0.25, -0.2) is 0 Å². The van der Waals surface area contributed by atoms with Gasteiger partial charge < -0.3 is 20.9 Å². The quantitative estimate of drug-likeness (QED) is 0.147. The molecule has 0 radical (unpaired) electrons. The molecule has 0 aromatic carbocycles. The van der Waals surface area contributed by atoms with Gasteiger partial charge in [-0.1, -0.05) is 138 Å². The van der Waals surface area contributed by atoms with E-state index >= 15 is 0 Å². The molecule has 0 bridgehead atoms. The smallest absolute Gasteiger partial charge is 0.00530 e. The highest BCUT2D eigenvalue weighted by molar-refractivity contribution is 4.94. The van der Waals surface area contributed by atoms with Crippen LogP contribution in [0, 0.1) is 52.3 Å². The molecule has 0 spiro atoms. The molecule has 0 saturated carbocycles. The molecular weight excluding hydrogens is 635 g/mol. The van der Waals surface area contributed by atoms with E-state index < -0.39 is 0 Å². The number of nitrogens with one attached hydrogen (secondary N) is 3. The maximum Gasteiger partial charge on any atom is 0.00530 e. The number of likely N-dealkylation sites (tertiary alicyclic amines) is 2. The van der Waals surface area contributed by atoms with Crippen molar-refractivity contribution < 1.29 is 0 Å². The topological polar surface area (TPSA) is 42.6 Å². The largest absolute Gasteiger partial charge is 0.314 e. The first-order chi connectivity index (χ1) is 23.5. The van der Waals surface area contributed by atoms with Gasteiger partial charge in [0.15, 0.2) is 0 Å². The van der Waals surface area contributed by atoms with Crippen molar-refractivity contribution in [2.24, 2.45) is 52.3 Å². The third-order valence-electron chi connectivity index (χ3n) is 11.8. The van der Waals surface area contributed by atoms with E-state index in [4.69, 9.17) is 0 Å². The van der Waals surface area contributed by atoms with E-state index in [9.17, 15) is 0 Å². The minimum absolute atomic E-state index is 0.421. The van der Waals surface area contributed by atoms with E-state index in [0.717, 1.165) is 66.6 Å². The molecule has 5 nitrogen and oxygen atoms in total. The van der Waals surface area contributed by atoms with Crippen molar-refractivity contribution in [2.75, 3.05) is 39.3 Å². The van der Waals surface area contributed by atoms with Gasteiger partial charge in [0.2, 0.25) is 0 Å². The Morgan fingerprint density at radius 2 is 1.06 bits per heavy atom. The van der Waals surface area contributed by atoms with Gasteiger partial charge in [0, 0.05) is 69.0 Å². The summed E-state index contributed by atoms with van der Waals surface area (Å²) in [5, 5.41) is 10.4. The van der Waals surface area contributed by atoms with Gasteiger partial charge in [-0.2, -0.15) is 0 Å². The lowest BCUT2D eigenvalue weighted by molar-refractivity contribution is -0.0403. The molecule has 0 aliphatic carbocycles. The Bertz CT molecular complexity index is 749. The zero-order chi connectivity index (χ0) is 41.7. The number of hydrogen-bond donors (Lipinski definition) is 3. The van der Waals surface area contributed by atoms with Crippen molar-refractivity contribution in [3.8, 4) is 0 Å². The summed E-state index contributed by atoms with van der Waals surface area (Å²) in [5.74, 6) is 5.83. The van der Waals surface area contributed by atoms with E-state index in [0.29, 0.717) is 35.0 Å². The molecule has 52 heavy (non-hydrogen) atoms. The fourth-order valence-electron chi connectivity index (χ4n) is 5.68. The highest BCUT2D eigenvalue weighted by atomic mass is 15.2. The minimum atomic E-state index is 0.421. The van der Waals surface area contributed by atoms with Gasteiger partial charge in [0.05, 0.1) is 0 Å². The first-order valence-corrected chi connectivity index (χ1v) is 22.2. The summed E-state index contributed by atoms with van der Waals surface area (Å²) >= 11 is 0. The molecule has 2 unspecified atom stereocenters. The zero-order valence-electron chi connectivity index (χ0n) is 40.8. The second-order valence-electron chi connectivity index (χ2n) is 21.2. The van der Waals surface area contributed by atoms with Crippen LogP contribution in [0.4, 0.5) is 0 Å². The van der Waals surface area contributed by atoms with E-state index in [1.807, 2.05) is 0 Å². The Morgan fingerprint density at radius 3 is 1.35 bits per heavy atom. The predicted molar refractivity (Wildman–Crippen MR) is 241 cm³/mol. The molecule has 0 aromatic rings. The van der Waals surface area contributed by atoms with Gasteiger partial charge in [0.25, 0.3) is 0 Å². The first-order valence-electron chi connectivity index (χ1n) is 22.2. The molecule has 2 rings (SSSR count). The number of hydrogen-bond acceptors (Lipinski definition) is 5. The minimum Gasteiger partial charge on any atom is -0.314 e. The molecule has 3 N–H and O–H groups in total. The normalized spacial score (nSPS) is 17.8. The summed E-state index contributed by atoms with van der Waals surface area (Å²) < 4.78 is 0. The summed E-state index contributed by atoms with van der Waals surface area (Å²) in [7, 11) is 0. The summed E-state index contributed by atoms with van der Waals surface area (Å²) in [5.41, 5.74) is 1.02. The van der Waals surface area contributed by atoms with Crippen molar-refractivity contribution in [1.29, 1.82) is 0 Å². The van der Waals surface area contributed by atoms with Crippen molar-refractivity contribution in [3.05, 3.63) is 0 Å². The van der Waals surface area contributed by atoms with Crippen LogP contribution in [-0.4, -0.2) is 85.3 Å². The van der Waals surface area contributed by atoms with Crippen LogP contribution in [0.1, 0.15) is 180 Å². The van der Waals surface area contributed by atoms with E-state index in [-0.39, 0.29) is 0 Å². The predicted octanol–water partition coefficient (Wildman–Crippen LogP) is 11.7. The molecule has 0 aromatic heterocycles. The van der Waals surface area contributed by atoms with Gasteiger partial charge in [-0.3, -0.25) is 4.90 Å². The third kappa shape index (κ3) is 28.2. The van der Waals surface area contributed by atoms with Crippen molar-refractivity contribution in [2.45, 2.75) is 216 Å². The molecule has 2 aliphatic heterocycles. The van der Waals surface area contributed by atoms with Crippen LogP contribution in [-0.2, 0) is 0 Å². The van der Waals surface area contributed by atoms with Crippen LogP contribution >= 0.6 is 0 Å². The summed E-state index contributed by atoms with van der Waals surface area (Å²) in [6.07, 6.45) is 1.28. The maximum atomic E-state index is 3.47. The lowest BCUT2D eigenvalue weighted by Gasteiger charge is -2.52. The lowest BCUT2D eigenvalue weighted by atomic mass is 9.72. The van der Waals surface area contributed by atoms with E-state index in [1.165, 1.54) is 32.6 Å². The van der Waals surface area contributed by atoms with Crippen molar-refractivity contribution in [1.82, 2.24) is 25.8 Å². The van der Waals surface area contributed by atoms with Crippen molar-refractivity contribution >= 4 is 0 Å². The Morgan fingerprint density at radius 1 is 0.615 bits per heavy atom. The van der Waals surface area contributed by atoms with Gasteiger partial charge in [0.1, 0.15) is 0 Å². The summed E-state index contributed by atoms with van der Waals surface area (Å²) in [6, 6.07) is 4.01. The second kappa shape index (κ2) is 28.2. The molecule has 0 amide bonds. The molecule has 2 fully saturated rings. The zero-order valence-corrected chi connectivity index (χ0v) is 40.8. The molecule has 2 atom stereocenters. The lowest BCUT2D eigenvalue weighted by Crippen LogP contribution is -2.59. The first kappa shape index (κ1) is 56.1. The van der Waals surface area contributed by atoms with Crippen LogP contribution in [0.25, 0.3) is 0 Å². The third-order valence-corrected chi connectivity index (χ3v) is 11.8. The van der Waals surface area contributed by atoms with Crippen LogP contribution in [0.3, 0.4) is 0 Å².